The van der Waals surface area contributed by atoms with Gasteiger partial charge < -0.3 is 4.90 Å². The Morgan fingerprint density at radius 2 is 2.12 bits per heavy atom. The fourth-order valence-electron chi connectivity index (χ4n) is 2.90. The minimum atomic E-state index is -3.12. The minimum Gasteiger partial charge on any atom is -0.314 e. The second kappa shape index (κ2) is 7.10. The van der Waals surface area contributed by atoms with Gasteiger partial charge in [-0.05, 0) is 24.6 Å². The van der Waals surface area contributed by atoms with E-state index in [2.05, 4.69) is 4.99 Å². The topological polar surface area (TPSA) is 66.8 Å². The molecule has 2 saturated heterocycles. The second-order valence-corrected chi connectivity index (χ2v) is 10.5. The van der Waals surface area contributed by atoms with E-state index in [0.29, 0.717) is 27.3 Å². The van der Waals surface area contributed by atoms with Crippen LogP contribution in [0.4, 0.5) is 5.69 Å². The predicted octanol–water partition coefficient (Wildman–Crippen LogP) is 3.64. The molecule has 3 unspecified atom stereocenters. The van der Waals surface area contributed by atoms with E-state index in [-0.39, 0.29) is 34.6 Å². The highest BCUT2D eigenvalue weighted by Crippen LogP contribution is 2.43. The standard InChI is InChI=1S/C16H18Cl2N2O3S2/c1-3-9(2)15(21)19-16-20(12-6-10(17)4-5-11(12)18)13-7-25(22,23)8-14(13)24-16/h4-6,9,13-14H,3,7-8H2,1-2H3. The lowest BCUT2D eigenvalue weighted by atomic mass is 10.1. The summed E-state index contributed by atoms with van der Waals surface area (Å²) in [6.07, 6.45) is 0.694. The molecule has 3 rings (SSSR count). The Hall–Kier alpha value is -0.760. The van der Waals surface area contributed by atoms with Gasteiger partial charge in [-0.3, -0.25) is 4.79 Å². The maximum Gasteiger partial charge on any atom is 0.250 e. The van der Waals surface area contributed by atoms with Crippen molar-refractivity contribution in [3.05, 3.63) is 28.2 Å². The zero-order valence-corrected chi connectivity index (χ0v) is 16.9. The Bertz CT molecular complexity index is 842. The van der Waals surface area contributed by atoms with Crippen LogP contribution in [0.3, 0.4) is 0 Å². The van der Waals surface area contributed by atoms with E-state index in [1.165, 1.54) is 11.8 Å². The molecule has 0 radical (unpaired) electrons. The highest BCUT2D eigenvalue weighted by Gasteiger charge is 2.49. The molecule has 5 nitrogen and oxygen atoms in total. The molecule has 2 aliphatic heterocycles. The highest BCUT2D eigenvalue weighted by molar-refractivity contribution is 8.16. The van der Waals surface area contributed by atoms with Crippen LogP contribution in [0.25, 0.3) is 0 Å². The predicted molar refractivity (Wildman–Crippen MR) is 105 cm³/mol. The molecule has 2 fully saturated rings. The lowest BCUT2D eigenvalue weighted by Gasteiger charge is -2.25. The fourth-order valence-corrected chi connectivity index (χ4v) is 7.18. The summed E-state index contributed by atoms with van der Waals surface area (Å²) in [6, 6.07) is 4.71. The molecule has 1 aromatic rings. The zero-order valence-electron chi connectivity index (χ0n) is 13.8. The number of rotatable bonds is 3. The number of thioether (sulfide) groups is 1. The van der Waals surface area contributed by atoms with Crippen LogP contribution in [0.1, 0.15) is 20.3 Å². The second-order valence-electron chi connectivity index (χ2n) is 6.31. The van der Waals surface area contributed by atoms with Crippen molar-refractivity contribution in [3.8, 4) is 0 Å². The van der Waals surface area contributed by atoms with Crippen molar-refractivity contribution in [2.45, 2.75) is 31.6 Å². The summed E-state index contributed by atoms with van der Waals surface area (Å²) in [7, 11) is -3.12. The third-order valence-electron chi connectivity index (χ3n) is 4.47. The number of carbonyl (C=O) groups excluding carboxylic acids is 1. The van der Waals surface area contributed by atoms with E-state index in [1.807, 2.05) is 13.8 Å². The first kappa shape index (κ1) is 19.0. The number of nitrogens with zero attached hydrogens (tertiary/aromatic N) is 2. The van der Waals surface area contributed by atoms with Crippen LogP contribution < -0.4 is 4.90 Å². The number of halogens is 2. The van der Waals surface area contributed by atoms with Gasteiger partial charge in [0.1, 0.15) is 0 Å². The molecule has 9 heteroatoms. The number of sulfone groups is 1. The van der Waals surface area contributed by atoms with Crippen molar-refractivity contribution in [3.63, 3.8) is 0 Å². The molecule has 0 spiro atoms. The van der Waals surface area contributed by atoms with Crippen LogP contribution in [0.15, 0.2) is 23.2 Å². The summed E-state index contributed by atoms with van der Waals surface area (Å²) in [5.41, 5.74) is 0.585. The third-order valence-corrected chi connectivity index (χ3v) is 8.24. The molecule has 1 aromatic carbocycles. The number of benzene rings is 1. The van der Waals surface area contributed by atoms with Crippen LogP contribution in [0, 0.1) is 5.92 Å². The fraction of sp³-hybridized carbons (Fsp3) is 0.500. The van der Waals surface area contributed by atoms with Gasteiger partial charge in [0.2, 0.25) is 0 Å². The smallest absolute Gasteiger partial charge is 0.250 e. The summed E-state index contributed by atoms with van der Waals surface area (Å²) in [6.45, 7) is 3.76. The number of amidine groups is 1. The van der Waals surface area contributed by atoms with E-state index in [1.54, 1.807) is 23.1 Å². The van der Waals surface area contributed by atoms with Crippen molar-refractivity contribution in [2.24, 2.45) is 10.9 Å². The van der Waals surface area contributed by atoms with Gasteiger partial charge in [0, 0.05) is 16.2 Å². The van der Waals surface area contributed by atoms with E-state index < -0.39 is 9.84 Å². The largest absolute Gasteiger partial charge is 0.314 e. The first-order valence-electron chi connectivity index (χ1n) is 7.95. The number of anilines is 1. The average molecular weight is 421 g/mol. The van der Waals surface area contributed by atoms with Crippen molar-refractivity contribution in [1.29, 1.82) is 0 Å². The van der Waals surface area contributed by atoms with Crippen molar-refractivity contribution in [1.82, 2.24) is 0 Å². The number of hydrogen-bond donors (Lipinski definition) is 0. The van der Waals surface area contributed by atoms with Crippen molar-refractivity contribution in [2.75, 3.05) is 16.4 Å². The SMILES string of the molecule is CCC(C)C(=O)N=C1SC2CS(=O)(=O)CC2N1c1cc(Cl)ccc1Cl. The first-order chi connectivity index (χ1) is 11.7. The molecule has 0 saturated carbocycles. The van der Waals surface area contributed by atoms with E-state index in [4.69, 9.17) is 23.2 Å². The number of aliphatic imine (C=N–C) groups is 1. The molecule has 2 heterocycles. The van der Waals surface area contributed by atoms with Crippen molar-refractivity contribution >= 4 is 61.6 Å². The zero-order chi connectivity index (χ0) is 18.4. The Morgan fingerprint density at radius 3 is 2.80 bits per heavy atom. The van der Waals surface area contributed by atoms with Crippen LogP contribution in [-0.4, -0.2) is 42.3 Å². The van der Waals surface area contributed by atoms with Crippen LogP contribution in [0.5, 0.6) is 0 Å². The third kappa shape index (κ3) is 3.84. The number of carbonyl (C=O) groups is 1. The van der Waals surface area contributed by atoms with Gasteiger partial charge in [0.05, 0.1) is 28.3 Å². The minimum absolute atomic E-state index is 0.0179. The molecule has 25 heavy (non-hydrogen) atoms. The Kier molecular flexibility index (Phi) is 5.40. The summed E-state index contributed by atoms with van der Waals surface area (Å²) in [4.78, 5) is 18.3. The molecule has 0 aliphatic carbocycles. The molecule has 0 N–H and O–H groups in total. The molecular weight excluding hydrogens is 403 g/mol. The van der Waals surface area contributed by atoms with E-state index >= 15 is 0 Å². The molecule has 1 amide bonds. The van der Waals surface area contributed by atoms with Gasteiger partial charge in [-0.2, -0.15) is 4.99 Å². The lowest BCUT2D eigenvalue weighted by molar-refractivity contribution is -0.121. The van der Waals surface area contributed by atoms with Gasteiger partial charge in [0.25, 0.3) is 5.91 Å². The van der Waals surface area contributed by atoms with Crippen molar-refractivity contribution < 1.29 is 13.2 Å². The number of amides is 1. The van der Waals surface area contributed by atoms with Gasteiger partial charge >= 0.3 is 0 Å². The van der Waals surface area contributed by atoms with E-state index in [9.17, 15) is 13.2 Å². The first-order valence-corrected chi connectivity index (χ1v) is 11.4. The Balaban J connectivity index is 2.05. The van der Waals surface area contributed by atoms with Gasteiger partial charge in [-0.25, -0.2) is 8.42 Å². The molecule has 136 valence electrons. The highest BCUT2D eigenvalue weighted by atomic mass is 35.5. The average Bonchev–Trinajstić information content (AvgIpc) is 3.00. The molecule has 3 atom stereocenters. The number of hydrogen-bond acceptors (Lipinski definition) is 4. The summed E-state index contributed by atoms with van der Waals surface area (Å²) in [5.74, 6) is -0.303. The Morgan fingerprint density at radius 1 is 1.40 bits per heavy atom. The van der Waals surface area contributed by atoms with Gasteiger partial charge in [0.15, 0.2) is 15.0 Å². The molecule has 0 aromatic heterocycles. The molecule has 2 aliphatic rings. The molecule has 0 bridgehead atoms. The molecular formula is C16H18Cl2N2O3S2. The monoisotopic (exact) mass is 420 g/mol. The maximum atomic E-state index is 12.3. The number of fused-ring (bicyclic) bond motifs is 1. The lowest BCUT2D eigenvalue weighted by Crippen LogP contribution is -2.38. The summed E-state index contributed by atoms with van der Waals surface area (Å²) >= 11 is 13.8. The Labute approximate surface area is 161 Å². The van der Waals surface area contributed by atoms with E-state index in [0.717, 1.165) is 0 Å². The summed E-state index contributed by atoms with van der Waals surface area (Å²) < 4.78 is 24.1. The van der Waals surface area contributed by atoms with Gasteiger partial charge in [-0.15, -0.1) is 0 Å². The van der Waals surface area contributed by atoms with Crippen LogP contribution >= 0.6 is 35.0 Å². The normalized spacial score (nSPS) is 27.5. The quantitative estimate of drug-likeness (QED) is 0.746. The van der Waals surface area contributed by atoms with Crippen LogP contribution in [0.2, 0.25) is 10.0 Å². The summed E-state index contributed by atoms with van der Waals surface area (Å²) in [5, 5.41) is 1.27. The maximum absolute atomic E-state index is 12.3. The van der Waals surface area contributed by atoms with Crippen LogP contribution in [-0.2, 0) is 14.6 Å². The van der Waals surface area contributed by atoms with Gasteiger partial charge in [-0.1, -0.05) is 48.8 Å².